The van der Waals surface area contributed by atoms with E-state index in [1.807, 2.05) is 36.4 Å². The molecule has 2 heterocycles. The normalized spacial score (nSPS) is 22.7. The van der Waals surface area contributed by atoms with E-state index >= 15 is 0 Å². The van der Waals surface area contributed by atoms with Crippen molar-refractivity contribution in [3.63, 3.8) is 0 Å². The van der Waals surface area contributed by atoms with Gasteiger partial charge >= 0.3 is 13.5 Å². The van der Waals surface area contributed by atoms with E-state index in [-0.39, 0.29) is 6.42 Å². The maximum Gasteiger partial charge on any atom is 0.321 e. The maximum absolute atomic E-state index is 13.4. The zero-order valence-corrected chi connectivity index (χ0v) is 17.3. The highest BCUT2D eigenvalue weighted by atomic mass is 31.2. The number of carbonyl (C=O) groups is 1. The van der Waals surface area contributed by atoms with Gasteiger partial charge in [0, 0.05) is 18.8 Å². The Morgan fingerprint density at radius 1 is 1.10 bits per heavy atom. The van der Waals surface area contributed by atoms with E-state index in [0.29, 0.717) is 18.3 Å². The minimum atomic E-state index is -3.42. The molecular formula is C22H27N2O4P. The summed E-state index contributed by atoms with van der Waals surface area (Å²) >= 11 is 0. The summed E-state index contributed by atoms with van der Waals surface area (Å²) in [5.74, 6) is -1.04. The Bertz CT molecular complexity index is 909. The predicted molar refractivity (Wildman–Crippen MR) is 114 cm³/mol. The number of hydrogen-bond donors (Lipinski definition) is 2. The molecule has 0 radical (unpaired) electrons. The van der Waals surface area contributed by atoms with Crippen LogP contribution in [0, 0.1) is 0 Å². The largest absolute Gasteiger partial charge is 0.480 e. The van der Waals surface area contributed by atoms with Gasteiger partial charge in [0.1, 0.15) is 6.04 Å². The van der Waals surface area contributed by atoms with Gasteiger partial charge in [-0.15, -0.1) is 0 Å². The van der Waals surface area contributed by atoms with Crippen LogP contribution in [0.1, 0.15) is 30.4 Å². The molecule has 2 aliphatic rings. The molecule has 4 rings (SSSR count). The van der Waals surface area contributed by atoms with E-state index in [1.165, 1.54) is 24.9 Å². The van der Waals surface area contributed by atoms with E-state index in [1.54, 1.807) is 12.1 Å². The number of nitrogens with one attached hydrogen (secondary N) is 1. The number of aliphatic carboxylic acids is 1. The minimum absolute atomic E-state index is 0.241. The summed E-state index contributed by atoms with van der Waals surface area (Å²) in [7, 11) is -3.42. The Kier molecular flexibility index (Phi) is 6.04. The number of carboxylic acids is 1. The topological polar surface area (TPSA) is 78.9 Å². The van der Waals surface area contributed by atoms with Crippen molar-refractivity contribution >= 4 is 24.5 Å². The predicted octanol–water partition coefficient (Wildman–Crippen LogP) is 3.35. The zero-order chi connectivity index (χ0) is 20.3. The van der Waals surface area contributed by atoms with Gasteiger partial charge in [0.25, 0.3) is 0 Å². The molecule has 2 aromatic carbocycles. The van der Waals surface area contributed by atoms with Crippen LogP contribution in [0.25, 0.3) is 0 Å². The van der Waals surface area contributed by atoms with Gasteiger partial charge in [0.2, 0.25) is 0 Å². The molecule has 7 heteroatoms. The monoisotopic (exact) mass is 414 g/mol. The van der Waals surface area contributed by atoms with Crippen molar-refractivity contribution in [2.45, 2.75) is 38.1 Å². The number of rotatable bonds is 6. The summed E-state index contributed by atoms with van der Waals surface area (Å²) in [6, 6.07) is 14.4. The third-order valence-corrected chi connectivity index (χ3v) is 7.94. The highest BCUT2D eigenvalue weighted by molar-refractivity contribution is 7.65. The van der Waals surface area contributed by atoms with Crippen LogP contribution >= 0.6 is 7.52 Å². The Labute approximate surface area is 171 Å². The smallest absolute Gasteiger partial charge is 0.321 e. The van der Waals surface area contributed by atoms with Crippen LogP contribution in [-0.4, -0.2) is 36.8 Å². The summed E-state index contributed by atoms with van der Waals surface area (Å²) in [5, 5.41) is 13.2. The first kappa shape index (κ1) is 20.1. The molecule has 29 heavy (non-hydrogen) atoms. The Morgan fingerprint density at radius 2 is 1.83 bits per heavy atom. The molecule has 1 saturated heterocycles. The fourth-order valence-electron chi connectivity index (χ4n) is 4.09. The standard InChI is InChI=1S/C22H27N2O4P/c25-22(26)20(23-29(27)21-7-3-2-6-18(21)12-15-28-29)16-17-8-10-19(11-9-17)24-13-4-1-5-14-24/h2-3,6-11,20H,1,4-5,12-16H2,(H,23,27)(H,25,26). The summed E-state index contributed by atoms with van der Waals surface area (Å²) in [5.41, 5.74) is 3.01. The second-order valence-electron chi connectivity index (χ2n) is 7.70. The molecule has 0 saturated carbocycles. The lowest BCUT2D eigenvalue weighted by atomic mass is 10.0. The van der Waals surface area contributed by atoms with Crippen molar-refractivity contribution in [3.8, 4) is 0 Å². The van der Waals surface area contributed by atoms with Crippen LogP contribution in [0.3, 0.4) is 0 Å². The molecule has 0 amide bonds. The summed E-state index contributed by atoms with van der Waals surface area (Å²) in [6.45, 7) is 2.45. The van der Waals surface area contributed by atoms with Crippen molar-refractivity contribution < 1.29 is 19.0 Å². The van der Waals surface area contributed by atoms with Crippen LogP contribution < -0.4 is 15.3 Å². The molecular weight excluding hydrogens is 387 g/mol. The number of carboxylic acid groups (broad SMARTS) is 1. The van der Waals surface area contributed by atoms with E-state index < -0.39 is 19.5 Å². The summed E-state index contributed by atoms with van der Waals surface area (Å²) in [6.07, 6.45) is 4.63. The van der Waals surface area contributed by atoms with Crippen LogP contribution in [0.4, 0.5) is 5.69 Å². The number of fused-ring (bicyclic) bond motifs is 1. The van der Waals surface area contributed by atoms with Crippen molar-refractivity contribution in [2.24, 2.45) is 0 Å². The maximum atomic E-state index is 13.4. The van der Waals surface area contributed by atoms with Crippen molar-refractivity contribution in [1.82, 2.24) is 5.09 Å². The van der Waals surface area contributed by atoms with E-state index in [2.05, 4.69) is 9.99 Å². The SMILES string of the molecule is O=C(O)C(Cc1ccc(N2CCCCC2)cc1)NP1(=O)OCCc2ccccc21. The van der Waals surface area contributed by atoms with Crippen LogP contribution in [0.2, 0.25) is 0 Å². The average Bonchev–Trinajstić information content (AvgIpc) is 2.75. The van der Waals surface area contributed by atoms with Crippen molar-refractivity contribution in [3.05, 3.63) is 59.7 Å². The van der Waals surface area contributed by atoms with Crippen molar-refractivity contribution in [1.29, 1.82) is 0 Å². The number of piperidine rings is 1. The van der Waals surface area contributed by atoms with Gasteiger partial charge in [-0.3, -0.25) is 9.36 Å². The molecule has 2 aliphatic heterocycles. The third-order valence-electron chi connectivity index (χ3n) is 5.67. The highest BCUT2D eigenvalue weighted by Crippen LogP contribution is 2.45. The van der Waals surface area contributed by atoms with Gasteiger partial charge < -0.3 is 14.5 Å². The summed E-state index contributed by atoms with van der Waals surface area (Å²) in [4.78, 5) is 14.3. The molecule has 6 nitrogen and oxygen atoms in total. The number of hydrogen-bond acceptors (Lipinski definition) is 4. The van der Waals surface area contributed by atoms with Gasteiger partial charge in [0.15, 0.2) is 0 Å². The molecule has 2 unspecified atom stereocenters. The van der Waals surface area contributed by atoms with E-state index in [4.69, 9.17) is 4.52 Å². The van der Waals surface area contributed by atoms with Gasteiger partial charge in [-0.05, 0) is 61.4 Å². The first-order valence-corrected chi connectivity index (χ1v) is 11.9. The van der Waals surface area contributed by atoms with Gasteiger partial charge in [-0.2, -0.15) is 0 Å². The highest BCUT2D eigenvalue weighted by Gasteiger charge is 2.36. The molecule has 2 aromatic rings. The number of nitrogens with zero attached hydrogens (tertiary/aromatic N) is 1. The number of benzene rings is 2. The molecule has 2 N–H and O–H groups in total. The van der Waals surface area contributed by atoms with E-state index in [9.17, 15) is 14.5 Å². The molecule has 154 valence electrons. The van der Waals surface area contributed by atoms with Gasteiger partial charge in [-0.1, -0.05) is 30.3 Å². The third kappa shape index (κ3) is 4.55. The lowest BCUT2D eigenvalue weighted by molar-refractivity contribution is -0.139. The summed E-state index contributed by atoms with van der Waals surface area (Å²) < 4.78 is 19.0. The molecule has 2 atom stereocenters. The lowest BCUT2D eigenvalue weighted by Gasteiger charge is -2.29. The van der Waals surface area contributed by atoms with Gasteiger partial charge in [0.05, 0.1) is 11.9 Å². The Balaban J connectivity index is 1.49. The average molecular weight is 414 g/mol. The lowest BCUT2D eigenvalue weighted by Crippen LogP contribution is -2.41. The second kappa shape index (κ2) is 8.70. The zero-order valence-electron chi connectivity index (χ0n) is 16.4. The number of anilines is 1. The molecule has 0 spiro atoms. The van der Waals surface area contributed by atoms with Crippen LogP contribution in [0.5, 0.6) is 0 Å². The first-order valence-electron chi connectivity index (χ1n) is 10.2. The Morgan fingerprint density at radius 3 is 2.55 bits per heavy atom. The molecule has 1 fully saturated rings. The van der Waals surface area contributed by atoms with Gasteiger partial charge in [-0.25, -0.2) is 5.09 Å². The molecule has 0 bridgehead atoms. The molecule has 0 aromatic heterocycles. The Hall–Kier alpha value is -2.14. The fourth-order valence-corrected chi connectivity index (χ4v) is 6.25. The van der Waals surface area contributed by atoms with Crippen LogP contribution in [-0.2, 0) is 26.7 Å². The molecule has 0 aliphatic carbocycles. The second-order valence-corrected chi connectivity index (χ2v) is 9.80. The fraction of sp³-hybridized carbons (Fsp3) is 0.409. The van der Waals surface area contributed by atoms with E-state index in [0.717, 1.165) is 24.2 Å². The van der Waals surface area contributed by atoms with Crippen LogP contribution in [0.15, 0.2) is 48.5 Å². The minimum Gasteiger partial charge on any atom is -0.480 e. The first-order chi connectivity index (χ1) is 14.0. The quantitative estimate of drug-likeness (QED) is 0.706. The van der Waals surface area contributed by atoms with Crippen molar-refractivity contribution in [2.75, 3.05) is 24.6 Å².